The van der Waals surface area contributed by atoms with Crippen LogP contribution in [0.4, 0.5) is 0 Å². The van der Waals surface area contributed by atoms with Gasteiger partial charge in [-0.15, -0.1) is 0 Å². The summed E-state index contributed by atoms with van der Waals surface area (Å²) in [6.45, 7) is 3.41. The number of rotatable bonds is 5. The van der Waals surface area contributed by atoms with Crippen molar-refractivity contribution in [2.75, 3.05) is 0 Å². The van der Waals surface area contributed by atoms with Gasteiger partial charge in [-0.3, -0.25) is 4.91 Å². The highest BCUT2D eigenvalue weighted by atomic mass is 15.0. The molecule has 0 bridgehead atoms. The zero-order valence-electron chi connectivity index (χ0n) is 9.21. The molecule has 0 saturated heterocycles. The summed E-state index contributed by atoms with van der Waals surface area (Å²) in [6, 6.07) is 6.22. The van der Waals surface area contributed by atoms with Crippen molar-refractivity contribution in [1.82, 2.24) is 0 Å². The zero-order chi connectivity index (χ0) is 11.4. The molecule has 0 fully saturated rings. The number of pyridine rings is 1. The molecular formula is C11H18N4. The maximum absolute atomic E-state index is 6.75. The van der Waals surface area contributed by atoms with Crippen LogP contribution in [-0.2, 0) is 6.54 Å². The molecule has 0 radical (unpaired) electrons. The van der Waals surface area contributed by atoms with E-state index >= 15 is 0 Å². The van der Waals surface area contributed by atoms with Crippen molar-refractivity contribution in [2.24, 2.45) is 0 Å². The SMILES string of the molecule is CCCCCC[n+]1ccccc1.[N-]=[N+]=[N-]. The van der Waals surface area contributed by atoms with Crippen molar-refractivity contribution >= 4 is 0 Å². The van der Waals surface area contributed by atoms with Crippen molar-refractivity contribution in [3.8, 4) is 0 Å². The van der Waals surface area contributed by atoms with E-state index < -0.39 is 0 Å². The average molecular weight is 206 g/mol. The molecule has 82 valence electrons. The summed E-state index contributed by atoms with van der Waals surface area (Å²) in [5.74, 6) is 0. The third-order valence-corrected chi connectivity index (χ3v) is 2.05. The molecule has 4 heteroatoms. The Kier molecular flexibility index (Phi) is 9.46. The monoisotopic (exact) mass is 206 g/mol. The summed E-state index contributed by atoms with van der Waals surface area (Å²) in [4.78, 5) is 1.50. The Morgan fingerprint density at radius 2 is 1.60 bits per heavy atom. The van der Waals surface area contributed by atoms with Crippen LogP contribution in [-0.4, -0.2) is 0 Å². The van der Waals surface area contributed by atoms with E-state index in [0.29, 0.717) is 0 Å². The number of aromatic nitrogens is 1. The van der Waals surface area contributed by atoms with Crippen LogP contribution < -0.4 is 4.57 Å². The maximum Gasteiger partial charge on any atom is 0.168 e. The van der Waals surface area contributed by atoms with Crippen molar-refractivity contribution in [2.45, 2.75) is 39.2 Å². The van der Waals surface area contributed by atoms with E-state index in [1.165, 1.54) is 37.1 Å². The van der Waals surface area contributed by atoms with Crippen LogP contribution in [0.2, 0.25) is 0 Å². The van der Waals surface area contributed by atoms with Crippen LogP contribution in [0.3, 0.4) is 0 Å². The first-order valence-electron chi connectivity index (χ1n) is 5.27. The molecule has 0 amide bonds. The van der Waals surface area contributed by atoms with Crippen LogP contribution in [0.5, 0.6) is 0 Å². The lowest BCUT2D eigenvalue weighted by atomic mass is 10.2. The second-order valence-electron chi connectivity index (χ2n) is 3.26. The Bertz CT molecular complexity index is 265. The first-order chi connectivity index (χ1) is 7.35. The van der Waals surface area contributed by atoms with Gasteiger partial charge in [0.1, 0.15) is 6.54 Å². The highest BCUT2D eigenvalue weighted by Crippen LogP contribution is 1.97. The first kappa shape index (κ1) is 13.5. The van der Waals surface area contributed by atoms with Crippen molar-refractivity contribution in [3.05, 3.63) is 46.6 Å². The van der Waals surface area contributed by atoms with Gasteiger partial charge in [0.25, 0.3) is 0 Å². The molecule has 0 aliphatic carbocycles. The second kappa shape index (κ2) is 10.5. The second-order valence-corrected chi connectivity index (χ2v) is 3.26. The fourth-order valence-corrected chi connectivity index (χ4v) is 1.30. The molecule has 0 aromatic carbocycles. The van der Waals surface area contributed by atoms with E-state index in [1.54, 1.807) is 0 Å². The third kappa shape index (κ3) is 8.78. The topological polar surface area (TPSA) is 62.6 Å². The van der Waals surface area contributed by atoms with Crippen molar-refractivity contribution in [3.63, 3.8) is 0 Å². The summed E-state index contributed by atoms with van der Waals surface area (Å²) in [6.07, 6.45) is 9.62. The van der Waals surface area contributed by atoms with Gasteiger partial charge < -0.3 is 11.1 Å². The van der Waals surface area contributed by atoms with E-state index in [9.17, 15) is 0 Å². The summed E-state index contributed by atoms with van der Waals surface area (Å²) >= 11 is 0. The van der Waals surface area contributed by atoms with Gasteiger partial charge >= 0.3 is 0 Å². The van der Waals surface area contributed by atoms with Crippen LogP contribution >= 0.6 is 0 Å². The van der Waals surface area contributed by atoms with Gasteiger partial charge in [0.15, 0.2) is 12.4 Å². The van der Waals surface area contributed by atoms with Gasteiger partial charge in [-0.1, -0.05) is 25.8 Å². The van der Waals surface area contributed by atoms with Crippen molar-refractivity contribution in [1.29, 1.82) is 0 Å². The molecule has 1 rings (SSSR count). The van der Waals surface area contributed by atoms with Crippen LogP contribution in [0.25, 0.3) is 16.0 Å². The Hall–Kier alpha value is -1.54. The smallest absolute Gasteiger partial charge is 0.168 e. The number of unbranched alkanes of at least 4 members (excludes halogenated alkanes) is 3. The van der Waals surface area contributed by atoms with Gasteiger partial charge in [0.2, 0.25) is 0 Å². The molecule has 0 spiro atoms. The molecule has 0 saturated carbocycles. The Morgan fingerprint density at radius 3 is 2.13 bits per heavy atom. The quantitative estimate of drug-likeness (QED) is 0.233. The average Bonchev–Trinajstić information content (AvgIpc) is 2.27. The molecular weight excluding hydrogens is 188 g/mol. The number of nitrogens with zero attached hydrogens (tertiary/aromatic N) is 4. The molecule has 0 aliphatic heterocycles. The molecule has 1 heterocycles. The lowest BCUT2D eigenvalue weighted by Gasteiger charge is -1.95. The highest BCUT2D eigenvalue weighted by Gasteiger charge is 1.95. The number of aryl methyl sites for hydroxylation is 1. The lowest BCUT2D eigenvalue weighted by molar-refractivity contribution is -0.697. The molecule has 4 nitrogen and oxygen atoms in total. The number of hydrogen-bond acceptors (Lipinski definition) is 0. The Morgan fingerprint density at radius 1 is 1.00 bits per heavy atom. The lowest BCUT2D eigenvalue weighted by Crippen LogP contribution is -2.32. The fraction of sp³-hybridized carbons (Fsp3) is 0.545. The molecule has 15 heavy (non-hydrogen) atoms. The third-order valence-electron chi connectivity index (χ3n) is 2.05. The molecule has 0 atom stereocenters. The summed E-state index contributed by atoms with van der Waals surface area (Å²) in [5.41, 5.74) is 13.5. The number of hydrogen-bond donors (Lipinski definition) is 0. The van der Waals surface area contributed by atoms with Gasteiger partial charge in [-0.05, 0) is 6.42 Å². The van der Waals surface area contributed by atoms with Gasteiger partial charge in [0.05, 0.1) is 0 Å². The normalized spacial score (nSPS) is 8.60. The molecule has 1 aromatic heterocycles. The van der Waals surface area contributed by atoms with Gasteiger partial charge in [0, 0.05) is 18.6 Å². The minimum atomic E-state index is 1.17. The van der Waals surface area contributed by atoms with E-state index in [0.717, 1.165) is 0 Å². The predicted molar refractivity (Wildman–Crippen MR) is 60.9 cm³/mol. The van der Waals surface area contributed by atoms with Gasteiger partial charge in [-0.25, -0.2) is 4.57 Å². The first-order valence-corrected chi connectivity index (χ1v) is 5.27. The van der Waals surface area contributed by atoms with E-state index in [4.69, 9.17) is 11.1 Å². The summed E-state index contributed by atoms with van der Waals surface area (Å²) < 4.78 is 2.25. The van der Waals surface area contributed by atoms with E-state index in [-0.39, 0.29) is 0 Å². The van der Waals surface area contributed by atoms with E-state index in [1.807, 2.05) is 0 Å². The summed E-state index contributed by atoms with van der Waals surface area (Å²) in [7, 11) is 0. The van der Waals surface area contributed by atoms with Crippen LogP contribution in [0.1, 0.15) is 32.6 Å². The minimum Gasteiger partial charge on any atom is -0.373 e. The van der Waals surface area contributed by atoms with Gasteiger partial charge in [-0.2, -0.15) is 0 Å². The standard InChI is InChI=1S/C11H18N.N3/c1-2-3-4-6-9-12-10-7-5-8-11-12;1-3-2/h5,7-8,10-11H,2-4,6,9H2,1H3;/q+1;-1. The largest absolute Gasteiger partial charge is 0.373 e. The maximum atomic E-state index is 6.75. The Balaban J connectivity index is 0.000000583. The van der Waals surface area contributed by atoms with E-state index in [2.05, 4.69) is 42.1 Å². The van der Waals surface area contributed by atoms with Crippen LogP contribution in [0.15, 0.2) is 30.6 Å². The summed E-state index contributed by atoms with van der Waals surface area (Å²) in [5, 5.41) is 0. The predicted octanol–water partition coefficient (Wildman–Crippen LogP) is 3.42. The molecule has 0 unspecified atom stereocenters. The van der Waals surface area contributed by atoms with Crippen molar-refractivity contribution < 1.29 is 4.57 Å². The molecule has 0 aliphatic rings. The molecule has 1 aromatic rings. The zero-order valence-corrected chi connectivity index (χ0v) is 9.21. The highest BCUT2D eigenvalue weighted by molar-refractivity contribution is 4.83. The van der Waals surface area contributed by atoms with Crippen LogP contribution in [0, 0.1) is 0 Å². The fourth-order valence-electron chi connectivity index (χ4n) is 1.30. The minimum absolute atomic E-state index is 1.17. The molecule has 0 N–H and O–H groups in total. The Labute approximate surface area is 91.0 Å².